The molecule has 0 amide bonds. The van der Waals surface area contributed by atoms with Crippen LogP contribution in [0, 0.1) is 10.1 Å². The van der Waals surface area contributed by atoms with Crippen LogP contribution in [0.15, 0.2) is 24.3 Å². The van der Waals surface area contributed by atoms with Crippen LogP contribution in [0.2, 0.25) is 0 Å². The number of nitro groups is 1. The molecule has 0 unspecified atom stereocenters. The molecular formula is C12H14N2O2. The Morgan fingerprint density at radius 3 is 2.69 bits per heavy atom. The zero-order chi connectivity index (χ0) is 11.5. The smallest absolute Gasteiger partial charge is 0.272 e. The molecule has 0 saturated carbocycles. The molecular weight excluding hydrogens is 204 g/mol. The molecule has 4 nitrogen and oxygen atoms in total. The van der Waals surface area contributed by atoms with E-state index < -0.39 is 4.92 Å². The van der Waals surface area contributed by atoms with Gasteiger partial charge in [-0.25, -0.2) is 0 Å². The highest BCUT2D eigenvalue weighted by atomic mass is 16.6. The molecule has 0 aliphatic heterocycles. The fourth-order valence-corrected chi connectivity index (χ4v) is 2.03. The fourth-order valence-electron chi connectivity index (χ4n) is 2.03. The zero-order valence-corrected chi connectivity index (χ0v) is 8.98. The van der Waals surface area contributed by atoms with Gasteiger partial charge in [0.25, 0.3) is 5.69 Å². The Balaban J connectivity index is 2.40. The first-order valence-electron chi connectivity index (χ1n) is 5.41. The molecule has 0 atom stereocenters. The molecule has 1 aromatic carbocycles. The van der Waals surface area contributed by atoms with Crippen molar-refractivity contribution in [1.29, 1.82) is 0 Å². The van der Waals surface area contributed by atoms with Crippen molar-refractivity contribution in [3.63, 3.8) is 0 Å². The molecule has 4 heteroatoms. The number of rotatable bonds is 2. The van der Waals surface area contributed by atoms with Crippen LogP contribution in [-0.4, -0.2) is 4.92 Å². The van der Waals surface area contributed by atoms with Gasteiger partial charge in [0.15, 0.2) is 0 Å². The first kappa shape index (κ1) is 10.7. The zero-order valence-electron chi connectivity index (χ0n) is 8.98. The lowest BCUT2D eigenvalue weighted by Crippen LogP contribution is -1.96. The predicted octanol–water partition coefficient (Wildman–Crippen LogP) is 3.13. The van der Waals surface area contributed by atoms with Crippen molar-refractivity contribution in [2.45, 2.75) is 25.7 Å². The van der Waals surface area contributed by atoms with Crippen molar-refractivity contribution in [2.24, 2.45) is 0 Å². The highest BCUT2D eigenvalue weighted by Crippen LogP contribution is 2.30. The second-order valence-corrected chi connectivity index (χ2v) is 4.05. The number of anilines is 1. The summed E-state index contributed by atoms with van der Waals surface area (Å²) in [6.07, 6.45) is 6.54. The molecule has 1 aliphatic rings. The summed E-state index contributed by atoms with van der Waals surface area (Å²) < 4.78 is 0. The Morgan fingerprint density at radius 1 is 1.25 bits per heavy atom. The second kappa shape index (κ2) is 4.35. The third kappa shape index (κ3) is 2.21. The number of non-ortho nitro benzene ring substituents is 1. The van der Waals surface area contributed by atoms with Gasteiger partial charge in [-0.3, -0.25) is 10.1 Å². The molecule has 1 aromatic rings. The average Bonchev–Trinajstić information content (AvgIpc) is 2.29. The first-order valence-corrected chi connectivity index (χ1v) is 5.41. The van der Waals surface area contributed by atoms with Crippen LogP contribution in [-0.2, 0) is 0 Å². The number of allylic oxidation sites excluding steroid dienone is 2. The number of nitro benzene ring substituents is 1. The molecule has 0 heterocycles. The van der Waals surface area contributed by atoms with Crippen molar-refractivity contribution in [3.8, 4) is 0 Å². The Hall–Kier alpha value is -1.84. The van der Waals surface area contributed by atoms with Crippen molar-refractivity contribution in [3.05, 3.63) is 40.0 Å². The molecule has 0 radical (unpaired) electrons. The molecule has 1 aliphatic carbocycles. The second-order valence-electron chi connectivity index (χ2n) is 4.05. The molecule has 2 N–H and O–H groups in total. The molecule has 0 fully saturated rings. The average molecular weight is 218 g/mol. The van der Waals surface area contributed by atoms with Gasteiger partial charge in [0.05, 0.1) is 4.92 Å². The van der Waals surface area contributed by atoms with E-state index in [9.17, 15) is 10.1 Å². The van der Waals surface area contributed by atoms with Crippen LogP contribution in [0.25, 0.3) is 5.57 Å². The van der Waals surface area contributed by atoms with E-state index in [4.69, 9.17) is 5.73 Å². The number of benzene rings is 1. The van der Waals surface area contributed by atoms with E-state index in [1.807, 2.05) is 6.07 Å². The van der Waals surface area contributed by atoms with Crippen molar-refractivity contribution >= 4 is 16.9 Å². The Kier molecular flexibility index (Phi) is 2.90. The molecule has 0 spiro atoms. The molecule has 2 rings (SSSR count). The SMILES string of the molecule is Nc1cc(C2=CCCCC2)cc([N+](=O)[O-])c1. The Labute approximate surface area is 93.9 Å². The molecule has 84 valence electrons. The van der Waals surface area contributed by atoms with Crippen molar-refractivity contribution in [1.82, 2.24) is 0 Å². The van der Waals surface area contributed by atoms with E-state index in [1.54, 1.807) is 6.07 Å². The maximum atomic E-state index is 10.7. The summed E-state index contributed by atoms with van der Waals surface area (Å²) in [7, 11) is 0. The molecule has 16 heavy (non-hydrogen) atoms. The first-order chi connectivity index (χ1) is 7.66. The minimum Gasteiger partial charge on any atom is -0.399 e. The van der Waals surface area contributed by atoms with Crippen LogP contribution in [0.5, 0.6) is 0 Å². The molecule has 0 aromatic heterocycles. The van der Waals surface area contributed by atoms with Gasteiger partial charge >= 0.3 is 0 Å². The summed E-state index contributed by atoms with van der Waals surface area (Å²) in [4.78, 5) is 10.3. The van der Waals surface area contributed by atoms with Crippen LogP contribution in [0.4, 0.5) is 11.4 Å². The lowest BCUT2D eigenvalue weighted by molar-refractivity contribution is -0.384. The van der Waals surface area contributed by atoms with Gasteiger partial charge in [-0.2, -0.15) is 0 Å². The fraction of sp³-hybridized carbons (Fsp3) is 0.333. The van der Waals surface area contributed by atoms with Crippen LogP contribution in [0.3, 0.4) is 0 Å². The molecule has 0 bridgehead atoms. The van der Waals surface area contributed by atoms with Gasteiger partial charge in [0.2, 0.25) is 0 Å². The standard InChI is InChI=1S/C12H14N2O2/c13-11-6-10(7-12(8-11)14(15)16)9-4-2-1-3-5-9/h4,6-8H,1-3,5,13H2. The number of nitrogens with two attached hydrogens (primary N) is 1. The van der Waals surface area contributed by atoms with Crippen LogP contribution < -0.4 is 5.73 Å². The van der Waals surface area contributed by atoms with Gasteiger partial charge in [-0.05, 0) is 42.9 Å². The highest BCUT2D eigenvalue weighted by Gasteiger charge is 2.12. The van der Waals surface area contributed by atoms with E-state index in [0.29, 0.717) is 5.69 Å². The largest absolute Gasteiger partial charge is 0.399 e. The quantitative estimate of drug-likeness (QED) is 0.471. The van der Waals surface area contributed by atoms with Gasteiger partial charge in [0.1, 0.15) is 0 Å². The summed E-state index contributed by atoms with van der Waals surface area (Å²) in [5, 5.41) is 10.7. The van der Waals surface area contributed by atoms with Crippen LogP contribution in [0.1, 0.15) is 31.2 Å². The van der Waals surface area contributed by atoms with Gasteiger partial charge < -0.3 is 5.73 Å². The van der Waals surface area contributed by atoms with Crippen LogP contribution >= 0.6 is 0 Å². The van der Waals surface area contributed by atoms with E-state index in [0.717, 1.165) is 24.8 Å². The van der Waals surface area contributed by atoms with Crippen molar-refractivity contribution < 1.29 is 4.92 Å². The van der Waals surface area contributed by atoms with Gasteiger partial charge in [-0.1, -0.05) is 6.08 Å². The van der Waals surface area contributed by atoms with E-state index in [-0.39, 0.29) is 5.69 Å². The third-order valence-electron chi connectivity index (χ3n) is 2.81. The minimum atomic E-state index is -0.400. The summed E-state index contributed by atoms with van der Waals surface area (Å²) in [5.74, 6) is 0. The van der Waals surface area contributed by atoms with Crippen molar-refractivity contribution in [2.75, 3.05) is 5.73 Å². The number of nitrogen functional groups attached to an aromatic ring is 1. The summed E-state index contributed by atoms with van der Waals surface area (Å²) in [6, 6.07) is 4.81. The third-order valence-corrected chi connectivity index (χ3v) is 2.81. The van der Waals surface area contributed by atoms with E-state index in [1.165, 1.54) is 18.1 Å². The maximum Gasteiger partial charge on any atom is 0.272 e. The lowest BCUT2D eigenvalue weighted by Gasteiger charge is -2.13. The minimum absolute atomic E-state index is 0.0708. The number of hydrogen-bond acceptors (Lipinski definition) is 3. The number of nitrogens with zero attached hydrogens (tertiary/aromatic N) is 1. The highest BCUT2D eigenvalue weighted by molar-refractivity contribution is 5.71. The monoisotopic (exact) mass is 218 g/mol. The summed E-state index contributed by atoms with van der Waals surface area (Å²) in [5.41, 5.74) is 8.27. The topological polar surface area (TPSA) is 69.2 Å². The summed E-state index contributed by atoms with van der Waals surface area (Å²) in [6.45, 7) is 0. The van der Waals surface area contributed by atoms with Gasteiger partial charge in [0, 0.05) is 17.8 Å². The normalized spacial score (nSPS) is 15.6. The summed E-state index contributed by atoms with van der Waals surface area (Å²) >= 11 is 0. The van der Waals surface area contributed by atoms with Gasteiger partial charge in [-0.15, -0.1) is 0 Å². The molecule has 0 saturated heterocycles. The lowest BCUT2D eigenvalue weighted by atomic mass is 9.93. The van der Waals surface area contributed by atoms with E-state index >= 15 is 0 Å². The number of hydrogen-bond donors (Lipinski definition) is 1. The maximum absolute atomic E-state index is 10.7. The van der Waals surface area contributed by atoms with E-state index in [2.05, 4.69) is 6.08 Å². The Morgan fingerprint density at radius 2 is 2.06 bits per heavy atom. The predicted molar refractivity (Wildman–Crippen MR) is 64.0 cm³/mol. The Bertz CT molecular complexity index is 452.